The number of nitrogen functional groups attached to an aromatic ring is 1. The van der Waals surface area contributed by atoms with Gasteiger partial charge in [0.1, 0.15) is 21.0 Å². The number of aliphatic imine (C=N–C) groups is 1. The Balaban J connectivity index is 0.000000260. The van der Waals surface area contributed by atoms with Gasteiger partial charge in [0.15, 0.2) is 0 Å². The molecule has 22 nitrogen and oxygen atoms in total. The molecule has 0 spiro atoms. The summed E-state index contributed by atoms with van der Waals surface area (Å²) in [7, 11) is 0. The summed E-state index contributed by atoms with van der Waals surface area (Å²) in [5, 5.41) is 20.4. The van der Waals surface area contributed by atoms with E-state index < -0.39 is 23.4 Å². The van der Waals surface area contributed by atoms with Crippen molar-refractivity contribution in [2.24, 2.45) is 10.7 Å². The summed E-state index contributed by atoms with van der Waals surface area (Å²) in [5.41, 5.74) is 18.7. The lowest BCUT2D eigenvalue weighted by Crippen LogP contribution is -2.34. The van der Waals surface area contributed by atoms with Crippen molar-refractivity contribution in [3.8, 4) is 22.5 Å². The second kappa shape index (κ2) is 30.5. The van der Waals surface area contributed by atoms with E-state index in [-0.39, 0.29) is 27.9 Å². The fourth-order valence-electron chi connectivity index (χ4n) is 7.19. The van der Waals surface area contributed by atoms with Gasteiger partial charge in [-0.05, 0) is 114 Å². The number of rotatable bonds is 17. The van der Waals surface area contributed by atoms with Gasteiger partial charge < -0.3 is 47.5 Å². The second-order valence-corrected chi connectivity index (χ2v) is 25.8. The number of nitrogens with zero attached hydrogens (tertiary/aromatic N) is 9. The molecule has 0 atom stereocenters. The number of amides is 4. The number of allylic oxidation sites excluding steroid dienone is 1. The number of halogens is 1. The number of hydrogen-bond acceptors (Lipinski definition) is 19. The van der Waals surface area contributed by atoms with Crippen molar-refractivity contribution in [2.75, 3.05) is 30.7 Å². The molecule has 0 saturated carbocycles. The molecule has 7 aromatic rings. The molecule has 0 radical (unpaired) electrons. The molecule has 7 rings (SSSR count). The first-order valence-corrected chi connectivity index (χ1v) is 29.3. The number of nitrogens with two attached hydrogens (primary N) is 2. The molecule has 9 N–H and O–H groups in total. The van der Waals surface area contributed by atoms with Crippen LogP contribution in [0.15, 0.2) is 103 Å². The van der Waals surface area contributed by atoms with Crippen molar-refractivity contribution in [3.63, 3.8) is 0 Å². The van der Waals surface area contributed by atoms with Gasteiger partial charge in [0.05, 0.1) is 64.5 Å². The predicted octanol–water partition coefficient (Wildman–Crippen LogP) is 10.7. The minimum Gasteiger partial charge on any atom is -0.444 e. The van der Waals surface area contributed by atoms with Crippen LogP contribution in [0.5, 0.6) is 0 Å². The molecule has 0 aliphatic heterocycles. The Bertz CT molecular complexity index is 3440. The first kappa shape index (κ1) is 67.4. The lowest BCUT2D eigenvalue weighted by atomic mass is 9.98. The van der Waals surface area contributed by atoms with Crippen LogP contribution >= 0.6 is 34.3 Å². The number of aromatic nitrogens is 8. The molecule has 0 aliphatic rings. The van der Waals surface area contributed by atoms with Crippen LogP contribution in [0.3, 0.4) is 0 Å². The summed E-state index contributed by atoms with van der Waals surface area (Å²) in [6.45, 7) is 29.9. The molecule has 85 heavy (non-hydrogen) atoms. The molecule has 454 valence electrons. The molecule has 0 fully saturated rings. The topological polar surface area (TPSA) is 306 Å². The maximum Gasteiger partial charge on any atom is 0.407 e. The highest BCUT2D eigenvalue weighted by atomic mass is 35.5. The Labute approximate surface area is 510 Å². The number of alkyl carbamates (subject to hydrolysis) is 2. The fourth-order valence-corrected chi connectivity index (χ4v) is 9.12. The van der Waals surface area contributed by atoms with Crippen LogP contribution in [0.2, 0.25) is 5.28 Å². The third-order valence-corrected chi connectivity index (χ3v) is 14.4. The van der Waals surface area contributed by atoms with Gasteiger partial charge in [-0.3, -0.25) is 19.3 Å². The third kappa shape index (κ3) is 23.3. The highest BCUT2D eigenvalue weighted by Gasteiger charge is 2.23. The standard InChI is InChI=1S/C30H40N8O3S.C20H21ClN4OS.C10H18N4O2/c1-19-14-20(8-9-21(19)16-35-25(39)24-18-36-26(42-24)29(2,3)4)23-10-11-33-27(38-23)37-22(15-31)17-32-12-13-34-28(40)41-30(5,6)7;1-12-9-13(15-7-8-22-19(21)25-15)5-6-14(12)10-23-17(26)16-11-24-18(27-16)20(2,3)4;1-10(2,3)16-9(15)12-4-5-14-7-8(11)6-13-14/h8-11,14-15,17-18H,12-13,16,31H2,1-7H3,(H,34,40)(H,35,39)(H,33,37,38);5-9,11H,10H2,1-4H3,(H,23,26);6-7H,4-5,11H2,1-3H3,(H,12,15). The first-order valence-electron chi connectivity index (χ1n) is 27.3. The highest BCUT2D eigenvalue weighted by molar-refractivity contribution is 7.14. The zero-order valence-electron chi connectivity index (χ0n) is 50.8. The molecule has 0 bridgehead atoms. The van der Waals surface area contributed by atoms with E-state index in [9.17, 15) is 19.2 Å². The Kier molecular flexibility index (Phi) is 24.2. The van der Waals surface area contributed by atoms with Gasteiger partial charge in [-0.2, -0.15) is 5.10 Å². The van der Waals surface area contributed by atoms with Crippen LogP contribution in [0.1, 0.15) is 135 Å². The molecule has 25 heteroatoms. The minimum atomic E-state index is -0.557. The molecular formula is C60H79ClN16O6S2. The summed E-state index contributed by atoms with van der Waals surface area (Å²) in [6.07, 6.45) is 11.8. The molecule has 0 aliphatic carbocycles. The monoisotopic (exact) mass is 1220 g/mol. The van der Waals surface area contributed by atoms with Gasteiger partial charge in [-0.25, -0.2) is 39.5 Å². The molecular weight excluding hydrogens is 1140 g/mol. The van der Waals surface area contributed by atoms with E-state index in [1.54, 1.807) is 68.8 Å². The Morgan fingerprint density at radius 1 is 0.659 bits per heavy atom. The number of anilines is 2. The van der Waals surface area contributed by atoms with Crippen molar-refractivity contribution in [3.05, 3.63) is 145 Å². The Hall–Kier alpha value is -8.35. The van der Waals surface area contributed by atoms with Crippen molar-refractivity contribution >= 4 is 76.1 Å². The van der Waals surface area contributed by atoms with E-state index in [0.29, 0.717) is 66.4 Å². The average molecular weight is 1220 g/mol. The minimum absolute atomic E-state index is 0.0560. The van der Waals surface area contributed by atoms with Gasteiger partial charge in [0, 0.05) is 79.1 Å². The Morgan fingerprint density at radius 3 is 1.59 bits per heavy atom. The molecule has 4 amide bonds. The Morgan fingerprint density at radius 2 is 1.15 bits per heavy atom. The smallest absolute Gasteiger partial charge is 0.407 e. The van der Waals surface area contributed by atoms with Gasteiger partial charge in [0.2, 0.25) is 11.2 Å². The average Bonchev–Trinajstić information content (AvgIpc) is 4.45. The normalized spacial score (nSPS) is 11.8. The molecule has 5 heterocycles. The van der Waals surface area contributed by atoms with Crippen LogP contribution in [-0.4, -0.2) is 101 Å². The number of benzene rings is 2. The van der Waals surface area contributed by atoms with Crippen molar-refractivity contribution in [1.29, 1.82) is 0 Å². The van der Waals surface area contributed by atoms with Gasteiger partial charge >= 0.3 is 12.2 Å². The van der Waals surface area contributed by atoms with E-state index in [1.165, 1.54) is 28.9 Å². The van der Waals surface area contributed by atoms with Crippen LogP contribution in [0.4, 0.5) is 21.2 Å². The van der Waals surface area contributed by atoms with Crippen molar-refractivity contribution in [1.82, 2.24) is 61.0 Å². The van der Waals surface area contributed by atoms with E-state index in [2.05, 4.69) is 108 Å². The van der Waals surface area contributed by atoms with Crippen LogP contribution in [0.25, 0.3) is 22.5 Å². The van der Waals surface area contributed by atoms with E-state index in [1.807, 2.05) is 83.1 Å². The largest absolute Gasteiger partial charge is 0.444 e. The molecule has 5 aromatic heterocycles. The highest BCUT2D eigenvalue weighted by Crippen LogP contribution is 2.29. The van der Waals surface area contributed by atoms with Crippen molar-refractivity contribution in [2.45, 2.75) is 139 Å². The van der Waals surface area contributed by atoms with Crippen LogP contribution in [0, 0.1) is 13.8 Å². The number of ether oxygens (including phenoxy) is 2. The van der Waals surface area contributed by atoms with Gasteiger partial charge in [0.25, 0.3) is 11.8 Å². The molecule has 0 unspecified atom stereocenters. The first-order chi connectivity index (χ1) is 39.8. The zero-order chi connectivity index (χ0) is 62.7. The van der Waals surface area contributed by atoms with Gasteiger partial charge in [-0.1, -0.05) is 65.8 Å². The number of nitrogens with one attached hydrogen (secondary N) is 5. The number of thiazole rings is 2. The lowest BCUT2D eigenvalue weighted by Gasteiger charge is -2.19. The second-order valence-electron chi connectivity index (χ2n) is 23.4. The summed E-state index contributed by atoms with van der Waals surface area (Å²) < 4.78 is 11.9. The summed E-state index contributed by atoms with van der Waals surface area (Å²) in [6, 6.07) is 15.6. The number of carbonyl (C=O) groups excluding carboxylic acids is 4. The fraction of sp³-hybridized carbons (Fsp3) is 0.400. The van der Waals surface area contributed by atoms with E-state index in [0.717, 1.165) is 54.8 Å². The predicted molar refractivity (Wildman–Crippen MR) is 338 cm³/mol. The van der Waals surface area contributed by atoms with E-state index >= 15 is 0 Å². The maximum atomic E-state index is 12.7. The lowest BCUT2D eigenvalue weighted by molar-refractivity contribution is 0.0516. The maximum absolute atomic E-state index is 12.7. The summed E-state index contributed by atoms with van der Waals surface area (Å²) in [4.78, 5) is 79.4. The number of carbonyl (C=O) groups is 4. The SMILES string of the molecule is CC(C)(C)OC(=O)NCCn1cc(N)cn1.Cc1cc(-c2ccnc(Cl)n2)ccc1CNC(=O)c1cnc(C(C)(C)C)s1.Cc1cc(-c2ccnc(NC(C=NCCNC(=O)OC(C)(C)C)=CN)n2)ccc1CNC(=O)c1cnc(C(C)(C)C)s1. The van der Waals surface area contributed by atoms with Crippen molar-refractivity contribution < 1.29 is 28.7 Å². The van der Waals surface area contributed by atoms with Crippen LogP contribution < -0.4 is 38.1 Å². The van der Waals surface area contributed by atoms with E-state index in [4.69, 9.17) is 32.5 Å². The number of aryl methyl sites for hydroxylation is 2. The molecule has 0 saturated heterocycles. The summed E-state index contributed by atoms with van der Waals surface area (Å²) >= 11 is 8.72. The summed E-state index contributed by atoms with van der Waals surface area (Å²) in [5.74, 6) is 0.120. The third-order valence-electron chi connectivity index (χ3n) is 11.4. The number of hydrogen-bond donors (Lipinski definition) is 7. The quantitative estimate of drug-likeness (QED) is 0.0253. The van der Waals surface area contributed by atoms with Gasteiger partial charge in [-0.15, -0.1) is 22.7 Å². The molecule has 2 aromatic carbocycles. The zero-order valence-corrected chi connectivity index (χ0v) is 53.2. The van der Waals surface area contributed by atoms with Crippen LogP contribution in [-0.2, 0) is 39.9 Å².